The molecule has 0 bridgehead atoms. The number of rotatable bonds is 8. The van der Waals surface area contributed by atoms with E-state index in [1.54, 1.807) is 0 Å². The molecule has 0 aliphatic rings. The van der Waals surface area contributed by atoms with Crippen molar-refractivity contribution in [3.05, 3.63) is 95.8 Å². The summed E-state index contributed by atoms with van der Waals surface area (Å²) in [6.07, 6.45) is 0. The van der Waals surface area contributed by atoms with E-state index < -0.39 is 0 Å². The maximum atomic E-state index is 12.5. The Hall–Kier alpha value is -3.58. The van der Waals surface area contributed by atoms with E-state index in [1.165, 1.54) is 17.3 Å². The smallest absolute Gasteiger partial charge is 0.234 e. The van der Waals surface area contributed by atoms with Gasteiger partial charge in [-0.15, -0.1) is 10.2 Å². The van der Waals surface area contributed by atoms with Gasteiger partial charge in [-0.05, 0) is 59.9 Å². The quantitative estimate of drug-likeness (QED) is 0.301. The third-order valence-corrected chi connectivity index (χ3v) is 6.37. The highest BCUT2D eigenvalue weighted by Crippen LogP contribution is 2.26. The molecule has 1 heterocycles. The minimum absolute atomic E-state index is 0.0871. The summed E-state index contributed by atoms with van der Waals surface area (Å²) in [6.45, 7) is 8.81. The maximum absolute atomic E-state index is 12.5. The van der Waals surface area contributed by atoms with Gasteiger partial charge in [0, 0.05) is 11.4 Å². The van der Waals surface area contributed by atoms with Gasteiger partial charge in [-0.3, -0.25) is 9.36 Å². The number of hydrogen-bond acceptors (Lipinski definition) is 5. The minimum atomic E-state index is -0.0973. The SMILES string of the molecule is Cc1cccc(NC(=O)CSc2nnc(COc3ccc(C(C)(C)C)cc3)n2-c2ccccc2)c1. The molecular formula is C28H30N4O2S. The summed E-state index contributed by atoms with van der Waals surface area (Å²) in [4.78, 5) is 12.5. The third-order valence-electron chi connectivity index (χ3n) is 5.44. The molecule has 4 aromatic rings. The molecule has 1 N–H and O–H groups in total. The van der Waals surface area contributed by atoms with E-state index in [4.69, 9.17) is 4.74 Å². The molecule has 3 aromatic carbocycles. The van der Waals surface area contributed by atoms with Crippen molar-refractivity contribution in [3.63, 3.8) is 0 Å². The fraction of sp³-hybridized carbons (Fsp3) is 0.250. The number of hydrogen-bond donors (Lipinski definition) is 1. The topological polar surface area (TPSA) is 69.0 Å². The Labute approximate surface area is 210 Å². The summed E-state index contributed by atoms with van der Waals surface area (Å²) < 4.78 is 7.98. The molecule has 0 aliphatic heterocycles. The first kappa shape index (κ1) is 24.5. The van der Waals surface area contributed by atoms with Crippen LogP contribution in [0.2, 0.25) is 0 Å². The highest BCUT2D eigenvalue weighted by atomic mass is 32.2. The third kappa shape index (κ3) is 6.51. The van der Waals surface area contributed by atoms with E-state index in [1.807, 2.05) is 78.2 Å². The first-order valence-electron chi connectivity index (χ1n) is 11.5. The van der Waals surface area contributed by atoms with Crippen LogP contribution >= 0.6 is 11.8 Å². The van der Waals surface area contributed by atoms with Gasteiger partial charge in [0.1, 0.15) is 12.4 Å². The molecule has 0 atom stereocenters. The zero-order valence-corrected chi connectivity index (χ0v) is 21.3. The van der Waals surface area contributed by atoms with Crippen molar-refractivity contribution < 1.29 is 9.53 Å². The standard InChI is InChI=1S/C28H30N4O2S/c1-20-9-8-10-22(17-20)29-26(33)19-35-27-31-30-25(32(27)23-11-6-5-7-12-23)18-34-24-15-13-21(14-16-24)28(2,3)4/h5-17H,18-19H2,1-4H3,(H,29,33). The van der Waals surface area contributed by atoms with Crippen LogP contribution in [0.25, 0.3) is 5.69 Å². The Morgan fingerprint density at radius 3 is 2.40 bits per heavy atom. The monoisotopic (exact) mass is 486 g/mol. The fourth-order valence-electron chi connectivity index (χ4n) is 3.57. The van der Waals surface area contributed by atoms with E-state index in [2.05, 4.69) is 48.4 Å². The number of thioether (sulfide) groups is 1. The molecule has 6 nitrogen and oxygen atoms in total. The Kier molecular flexibility index (Phi) is 7.56. The Morgan fingerprint density at radius 2 is 1.71 bits per heavy atom. The van der Waals surface area contributed by atoms with E-state index in [0.717, 1.165) is 22.7 Å². The van der Waals surface area contributed by atoms with Crippen LogP contribution < -0.4 is 10.1 Å². The van der Waals surface area contributed by atoms with Gasteiger partial charge in [0.2, 0.25) is 5.91 Å². The number of aryl methyl sites for hydroxylation is 1. The van der Waals surface area contributed by atoms with Gasteiger partial charge in [-0.25, -0.2) is 0 Å². The van der Waals surface area contributed by atoms with Crippen molar-refractivity contribution in [1.82, 2.24) is 14.8 Å². The van der Waals surface area contributed by atoms with Gasteiger partial charge in [0.15, 0.2) is 11.0 Å². The van der Waals surface area contributed by atoms with Crippen molar-refractivity contribution in [2.45, 2.75) is 44.9 Å². The molecule has 0 saturated carbocycles. The predicted molar refractivity (Wildman–Crippen MR) is 141 cm³/mol. The second kappa shape index (κ2) is 10.8. The first-order chi connectivity index (χ1) is 16.8. The lowest BCUT2D eigenvalue weighted by molar-refractivity contribution is -0.113. The molecular weight excluding hydrogens is 456 g/mol. The largest absolute Gasteiger partial charge is 0.486 e. The molecule has 0 saturated heterocycles. The molecule has 1 aromatic heterocycles. The van der Waals surface area contributed by atoms with E-state index >= 15 is 0 Å². The Bertz CT molecular complexity index is 1280. The number of para-hydroxylation sites is 1. The molecule has 7 heteroatoms. The zero-order chi connectivity index (χ0) is 24.8. The number of nitrogens with one attached hydrogen (secondary N) is 1. The lowest BCUT2D eigenvalue weighted by Crippen LogP contribution is -2.15. The number of aromatic nitrogens is 3. The van der Waals surface area contributed by atoms with Crippen molar-refractivity contribution in [3.8, 4) is 11.4 Å². The fourth-order valence-corrected chi connectivity index (χ4v) is 4.34. The average molecular weight is 487 g/mol. The summed E-state index contributed by atoms with van der Waals surface area (Å²) in [7, 11) is 0. The van der Waals surface area contributed by atoms with Gasteiger partial charge in [0.25, 0.3) is 0 Å². The Morgan fingerprint density at radius 1 is 0.971 bits per heavy atom. The van der Waals surface area contributed by atoms with Crippen LogP contribution in [-0.2, 0) is 16.8 Å². The number of anilines is 1. The van der Waals surface area contributed by atoms with Crippen LogP contribution in [-0.4, -0.2) is 26.4 Å². The van der Waals surface area contributed by atoms with Gasteiger partial charge in [-0.1, -0.05) is 75.0 Å². The zero-order valence-electron chi connectivity index (χ0n) is 20.5. The number of ether oxygens (including phenoxy) is 1. The molecule has 180 valence electrons. The van der Waals surface area contributed by atoms with Gasteiger partial charge < -0.3 is 10.1 Å². The number of nitrogens with zero attached hydrogens (tertiary/aromatic N) is 3. The number of carbonyl (C=O) groups excluding carboxylic acids is 1. The van der Waals surface area contributed by atoms with Crippen LogP contribution in [0, 0.1) is 6.92 Å². The molecule has 4 rings (SSSR count). The molecule has 0 radical (unpaired) electrons. The summed E-state index contributed by atoms with van der Waals surface area (Å²) in [5, 5.41) is 12.3. The molecule has 0 spiro atoms. The molecule has 1 amide bonds. The van der Waals surface area contributed by atoms with E-state index in [0.29, 0.717) is 11.0 Å². The highest BCUT2D eigenvalue weighted by Gasteiger charge is 2.17. The normalized spacial score (nSPS) is 11.3. The number of carbonyl (C=O) groups is 1. The predicted octanol–water partition coefficient (Wildman–Crippen LogP) is 6.18. The van der Waals surface area contributed by atoms with Gasteiger partial charge in [-0.2, -0.15) is 0 Å². The van der Waals surface area contributed by atoms with Crippen LogP contribution in [0.4, 0.5) is 5.69 Å². The summed E-state index contributed by atoms with van der Waals surface area (Å²) in [5.41, 5.74) is 4.13. The number of benzene rings is 3. The lowest BCUT2D eigenvalue weighted by Gasteiger charge is -2.19. The van der Waals surface area contributed by atoms with Crippen LogP contribution in [0.5, 0.6) is 5.75 Å². The summed E-state index contributed by atoms with van der Waals surface area (Å²) in [6, 6.07) is 25.7. The molecule has 0 unspecified atom stereocenters. The van der Waals surface area contributed by atoms with E-state index in [9.17, 15) is 4.79 Å². The van der Waals surface area contributed by atoms with E-state index in [-0.39, 0.29) is 23.7 Å². The van der Waals surface area contributed by atoms with Gasteiger partial charge >= 0.3 is 0 Å². The first-order valence-corrected chi connectivity index (χ1v) is 12.5. The average Bonchev–Trinajstić information content (AvgIpc) is 3.24. The van der Waals surface area contributed by atoms with Crippen molar-refractivity contribution in [1.29, 1.82) is 0 Å². The molecule has 0 fully saturated rings. The molecule has 35 heavy (non-hydrogen) atoms. The summed E-state index contributed by atoms with van der Waals surface area (Å²) in [5.74, 6) is 1.55. The second-order valence-electron chi connectivity index (χ2n) is 9.34. The van der Waals surface area contributed by atoms with Gasteiger partial charge in [0.05, 0.1) is 5.75 Å². The lowest BCUT2D eigenvalue weighted by atomic mass is 9.87. The second-order valence-corrected chi connectivity index (χ2v) is 10.3. The Balaban J connectivity index is 1.47. The highest BCUT2D eigenvalue weighted by molar-refractivity contribution is 7.99. The molecule has 0 aliphatic carbocycles. The van der Waals surface area contributed by atoms with Crippen molar-refractivity contribution in [2.24, 2.45) is 0 Å². The number of amides is 1. The van der Waals surface area contributed by atoms with Crippen LogP contribution in [0.1, 0.15) is 37.7 Å². The van der Waals surface area contributed by atoms with Crippen molar-refractivity contribution in [2.75, 3.05) is 11.1 Å². The maximum Gasteiger partial charge on any atom is 0.234 e. The van der Waals surface area contributed by atoms with Crippen LogP contribution in [0.3, 0.4) is 0 Å². The summed E-state index contributed by atoms with van der Waals surface area (Å²) >= 11 is 1.34. The van der Waals surface area contributed by atoms with Crippen molar-refractivity contribution >= 4 is 23.4 Å². The minimum Gasteiger partial charge on any atom is -0.486 e. The van der Waals surface area contributed by atoms with Crippen LogP contribution in [0.15, 0.2) is 84.0 Å².